The van der Waals surface area contributed by atoms with Gasteiger partial charge in [0.2, 0.25) is 0 Å². The van der Waals surface area contributed by atoms with Gasteiger partial charge >= 0.3 is 0 Å². The number of benzene rings is 1. The van der Waals surface area contributed by atoms with Gasteiger partial charge in [-0.1, -0.05) is 52.0 Å². The predicted octanol–water partition coefficient (Wildman–Crippen LogP) is 3.20. The first-order valence-electron chi connectivity index (χ1n) is 8.47. The lowest BCUT2D eigenvalue weighted by Crippen LogP contribution is -2.45. The van der Waals surface area contributed by atoms with Crippen molar-refractivity contribution in [2.75, 3.05) is 6.54 Å². The summed E-state index contributed by atoms with van der Waals surface area (Å²) in [5.41, 5.74) is 20.5. The van der Waals surface area contributed by atoms with Gasteiger partial charge in [-0.25, -0.2) is 0 Å². The van der Waals surface area contributed by atoms with E-state index in [1.54, 1.807) is 0 Å². The van der Waals surface area contributed by atoms with E-state index in [1.165, 1.54) is 17.5 Å². The fraction of sp³-hybridized carbons (Fsp3) is 0.684. The van der Waals surface area contributed by atoms with Crippen LogP contribution in [0.5, 0.6) is 0 Å². The van der Waals surface area contributed by atoms with Crippen molar-refractivity contribution >= 4 is 0 Å². The van der Waals surface area contributed by atoms with Crippen LogP contribution in [0.1, 0.15) is 58.1 Å². The summed E-state index contributed by atoms with van der Waals surface area (Å²) in [6.07, 6.45) is 4.54. The van der Waals surface area contributed by atoms with Crippen LogP contribution in [0.15, 0.2) is 24.3 Å². The molecule has 0 spiro atoms. The topological polar surface area (TPSA) is 78.1 Å². The van der Waals surface area contributed by atoms with Crippen LogP contribution in [0.25, 0.3) is 0 Å². The molecule has 1 aromatic carbocycles. The highest BCUT2D eigenvalue weighted by atomic mass is 14.7. The van der Waals surface area contributed by atoms with Gasteiger partial charge in [0, 0.05) is 12.6 Å². The highest BCUT2D eigenvalue weighted by Gasteiger charge is 2.38. The number of rotatable bonds is 3. The summed E-state index contributed by atoms with van der Waals surface area (Å²) in [5.74, 6) is 0. The lowest BCUT2D eigenvalue weighted by atomic mass is 9.63. The molecule has 1 fully saturated rings. The molecule has 6 N–H and O–H groups in total. The van der Waals surface area contributed by atoms with Crippen molar-refractivity contribution in [1.82, 2.24) is 0 Å². The quantitative estimate of drug-likeness (QED) is 0.802. The summed E-state index contributed by atoms with van der Waals surface area (Å²) in [4.78, 5) is 0. The molecule has 1 aromatic rings. The molecule has 2 unspecified atom stereocenters. The van der Waals surface area contributed by atoms with Crippen LogP contribution in [-0.2, 0) is 13.0 Å². The fourth-order valence-corrected chi connectivity index (χ4v) is 3.85. The first-order valence-corrected chi connectivity index (χ1v) is 8.47. The van der Waals surface area contributed by atoms with E-state index in [9.17, 15) is 0 Å². The van der Waals surface area contributed by atoms with Crippen LogP contribution >= 0.6 is 0 Å². The summed E-state index contributed by atoms with van der Waals surface area (Å²) < 4.78 is 0. The molecule has 22 heavy (non-hydrogen) atoms. The van der Waals surface area contributed by atoms with Crippen LogP contribution in [-0.4, -0.2) is 12.6 Å². The second kappa shape index (κ2) is 8.09. The van der Waals surface area contributed by atoms with E-state index in [-0.39, 0.29) is 5.41 Å². The molecule has 1 saturated carbocycles. The molecule has 3 heteroatoms. The number of hydrogen-bond donors (Lipinski definition) is 3. The third kappa shape index (κ3) is 6.07. The molecule has 3 nitrogen and oxygen atoms in total. The van der Waals surface area contributed by atoms with E-state index in [0.717, 1.165) is 25.8 Å². The molecule has 0 amide bonds. The maximum atomic E-state index is 6.01. The van der Waals surface area contributed by atoms with Crippen LogP contribution < -0.4 is 17.2 Å². The highest BCUT2D eigenvalue weighted by molar-refractivity contribution is 5.22. The maximum Gasteiger partial charge on any atom is 0.0178 e. The van der Waals surface area contributed by atoms with Gasteiger partial charge in [0.25, 0.3) is 0 Å². The van der Waals surface area contributed by atoms with Crippen molar-refractivity contribution in [2.24, 2.45) is 28.0 Å². The summed E-state index contributed by atoms with van der Waals surface area (Å²) in [6, 6.07) is 8.74. The largest absolute Gasteiger partial charge is 0.330 e. The van der Waals surface area contributed by atoms with Gasteiger partial charge in [0.15, 0.2) is 0 Å². The second-order valence-electron chi connectivity index (χ2n) is 7.90. The van der Waals surface area contributed by atoms with Gasteiger partial charge in [-0.3, -0.25) is 0 Å². The van der Waals surface area contributed by atoms with E-state index in [2.05, 4.69) is 52.0 Å². The second-order valence-corrected chi connectivity index (χ2v) is 7.90. The van der Waals surface area contributed by atoms with Gasteiger partial charge in [0.05, 0.1) is 0 Å². The van der Waals surface area contributed by atoms with Crippen molar-refractivity contribution in [3.05, 3.63) is 35.4 Å². The SMILES string of the molecule is CC1(C)CC(N)CC(C)(CN)C1.CCc1cccc(CN)c1. The lowest BCUT2D eigenvalue weighted by molar-refractivity contribution is 0.0904. The molecule has 0 aliphatic heterocycles. The van der Waals surface area contributed by atoms with Crippen molar-refractivity contribution in [3.63, 3.8) is 0 Å². The molecule has 1 aliphatic carbocycles. The number of hydrogen-bond acceptors (Lipinski definition) is 3. The Kier molecular flexibility index (Phi) is 7.04. The Balaban J connectivity index is 0.000000224. The summed E-state index contributed by atoms with van der Waals surface area (Å²) in [5, 5.41) is 0. The maximum absolute atomic E-state index is 6.01. The van der Waals surface area contributed by atoms with Gasteiger partial charge < -0.3 is 17.2 Å². The fourth-order valence-electron chi connectivity index (χ4n) is 3.85. The third-order valence-electron chi connectivity index (χ3n) is 4.60. The minimum Gasteiger partial charge on any atom is -0.330 e. The first-order chi connectivity index (χ1) is 10.2. The number of nitrogens with two attached hydrogens (primary N) is 3. The van der Waals surface area contributed by atoms with Crippen molar-refractivity contribution in [2.45, 2.75) is 66.0 Å². The predicted molar refractivity (Wildman–Crippen MR) is 96.5 cm³/mol. The minimum absolute atomic E-state index is 0.279. The first kappa shape index (κ1) is 19.1. The van der Waals surface area contributed by atoms with Gasteiger partial charge in [0.1, 0.15) is 0 Å². The lowest BCUT2D eigenvalue weighted by Gasteiger charge is -2.45. The zero-order valence-electron chi connectivity index (χ0n) is 14.9. The zero-order chi connectivity index (χ0) is 16.8. The summed E-state index contributed by atoms with van der Waals surface area (Å²) in [6.45, 7) is 10.4. The molecule has 0 aromatic heterocycles. The van der Waals surface area contributed by atoms with E-state index >= 15 is 0 Å². The summed E-state index contributed by atoms with van der Waals surface area (Å²) >= 11 is 0. The van der Waals surface area contributed by atoms with Gasteiger partial charge in [-0.2, -0.15) is 0 Å². The normalized spacial score (nSPS) is 27.0. The molecule has 126 valence electrons. The van der Waals surface area contributed by atoms with Crippen LogP contribution in [0.3, 0.4) is 0 Å². The Morgan fingerprint density at radius 3 is 2.23 bits per heavy atom. The molecule has 0 heterocycles. The van der Waals surface area contributed by atoms with Crippen molar-refractivity contribution in [3.8, 4) is 0 Å². The van der Waals surface area contributed by atoms with E-state index in [0.29, 0.717) is 18.0 Å². The smallest absolute Gasteiger partial charge is 0.0178 e. The average molecular weight is 306 g/mol. The molecule has 0 saturated heterocycles. The molecule has 0 bridgehead atoms. The van der Waals surface area contributed by atoms with E-state index < -0.39 is 0 Å². The Labute approximate surface area is 136 Å². The van der Waals surface area contributed by atoms with Crippen LogP contribution in [0, 0.1) is 10.8 Å². The molecule has 2 rings (SSSR count). The Morgan fingerprint density at radius 2 is 1.73 bits per heavy atom. The molecule has 0 radical (unpaired) electrons. The van der Waals surface area contributed by atoms with Crippen molar-refractivity contribution in [1.29, 1.82) is 0 Å². The minimum atomic E-state index is 0.279. The highest BCUT2D eigenvalue weighted by Crippen LogP contribution is 2.44. The molecule has 2 atom stereocenters. The average Bonchev–Trinajstić information content (AvgIpc) is 2.45. The van der Waals surface area contributed by atoms with Crippen LogP contribution in [0.2, 0.25) is 0 Å². The van der Waals surface area contributed by atoms with Crippen LogP contribution in [0.4, 0.5) is 0 Å². The summed E-state index contributed by atoms with van der Waals surface area (Å²) in [7, 11) is 0. The van der Waals surface area contributed by atoms with Crippen molar-refractivity contribution < 1.29 is 0 Å². The van der Waals surface area contributed by atoms with Gasteiger partial charge in [-0.05, 0) is 54.2 Å². The monoisotopic (exact) mass is 305 g/mol. The number of aryl methyl sites for hydroxylation is 1. The Hall–Kier alpha value is -0.900. The van der Waals surface area contributed by atoms with E-state index in [1.807, 2.05) is 0 Å². The molecule has 1 aliphatic rings. The Bertz CT molecular complexity index is 436. The molecular formula is C19H35N3. The molecular weight excluding hydrogens is 270 g/mol. The standard InChI is InChI=1S/C10H22N2.C9H13N/c1-9(2)4-8(12)5-10(3,6-9)7-11;1-2-8-4-3-5-9(6-8)7-10/h8H,4-7,11-12H2,1-3H3;3-6H,2,7,10H2,1H3. The zero-order valence-corrected chi connectivity index (χ0v) is 14.9. The third-order valence-corrected chi connectivity index (χ3v) is 4.60. The Morgan fingerprint density at radius 1 is 1.09 bits per heavy atom. The van der Waals surface area contributed by atoms with Gasteiger partial charge in [-0.15, -0.1) is 0 Å². The van der Waals surface area contributed by atoms with E-state index in [4.69, 9.17) is 17.2 Å².